The van der Waals surface area contributed by atoms with Gasteiger partial charge in [0, 0.05) is 12.3 Å². The summed E-state index contributed by atoms with van der Waals surface area (Å²) in [6, 6.07) is 3.35. The number of rotatable bonds is 7. The second-order valence-corrected chi connectivity index (χ2v) is 5.61. The molecule has 0 aliphatic heterocycles. The summed E-state index contributed by atoms with van der Waals surface area (Å²) in [6.07, 6.45) is 1.51. The zero-order chi connectivity index (χ0) is 13.6. The van der Waals surface area contributed by atoms with Gasteiger partial charge in [0.2, 0.25) is 5.88 Å². The smallest absolute Gasteiger partial charge is 0.351 e. The summed E-state index contributed by atoms with van der Waals surface area (Å²) in [7, 11) is -1.84. The molecule has 0 fully saturated rings. The van der Waals surface area contributed by atoms with E-state index in [0.717, 1.165) is 0 Å². The average Bonchev–Trinajstić information content (AvgIpc) is 2.38. The first-order valence-electron chi connectivity index (χ1n) is 5.71. The molecule has 1 atom stereocenters. The zero-order valence-electron chi connectivity index (χ0n) is 10.8. The van der Waals surface area contributed by atoms with Crippen molar-refractivity contribution in [1.29, 1.82) is 0 Å². The fraction of sp³-hybridized carbons (Fsp3) is 0.545. The lowest BCUT2D eigenvalue weighted by molar-refractivity contribution is 0.212. The van der Waals surface area contributed by atoms with Crippen LogP contribution in [-0.2, 0) is 13.6 Å². The molecule has 6 nitrogen and oxygen atoms in total. The van der Waals surface area contributed by atoms with Gasteiger partial charge in [0.1, 0.15) is 5.78 Å². The third kappa shape index (κ3) is 3.53. The molecule has 0 bridgehead atoms. The SMILES string of the molecule is CCOP(=O)(OCC)[C@@H](N)c1ccc(OC)nc1. The van der Waals surface area contributed by atoms with Gasteiger partial charge in [0.15, 0.2) is 0 Å². The number of pyridine rings is 1. The summed E-state index contributed by atoms with van der Waals surface area (Å²) < 4.78 is 27.8. The van der Waals surface area contributed by atoms with E-state index in [1.54, 1.807) is 26.0 Å². The largest absolute Gasteiger partial charge is 0.481 e. The number of hydrogen-bond donors (Lipinski definition) is 1. The monoisotopic (exact) mass is 274 g/mol. The van der Waals surface area contributed by atoms with Gasteiger partial charge < -0.3 is 19.5 Å². The summed E-state index contributed by atoms with van der Waals surface area (Å²) >= 11 is 0. The highest BCUT2D eigenvalue weighted by Crippen LogP contribution is 2.58. The molecule has 0 saturated carbocycles. The molecule has 7 heteroatoms. The standard InChI is InChI=1S/C11H19N2O4P/c1-4-16-18(14,17-5-2)11(12)9-6-7-10(15-3)13-8-9/h6-8,11H,4-5,12H2,1-3H3/t11-/m1/s1. The van der Waals surface area contributed by atoms with E-state index in [1.807, 2.05) is 0 Å². The number of ether oxygens (including phenoxy) is 1. The molecular weight excluding hydrogens is 255 g/mol. The molecule has 1 heterocycles. The molecule has 1 rings (SSSR count). The number of nitrogens with two attached hydrogens (primary N) is 1. The first-order chi connectivity index (χ1) is 8.57. The fourth-order valence-electron chi connectivity index (χ4n) is 1.43. The highest BCUT2D eigenvalue weighted by Gasteiger charge is 2.34. The molecule has 0 spiro atoms. The van der Waals surface area contributed by atoms with Crippen LogP contribution in [0, 0.1) is 0 Å². The van der Waals surface area contributed by atoms with Crippen molar-refractivity contribution in [2.45, 2.75) is 19.6 Å². The Labute approximate surface area is 107 Å². The minimum Gasteiger partial charge on any atom is -0.481 e. The Kier molecular flexibility index (Phi) is 5.75. The lowest BCUT2D eigenvalue weighted by atomic mass is 10.3. The summed E-state index contributed by atoms with van der Waals surface area (Å²) in [6.45, 7) is 4.03. The van der Waals surface area contributed by atoms with Gasteiger partial charge in [-0.15, -0.1) is 0 Å². The first-order valence-corrected chi connectivity index (χ1v) is 7.32. The van der Waals surface area contributed by atoms with Crippen LogP contribution in [0.2, 0.25) is 0 Å². The highest BCUT2D eigenvalue weighted by atomic mass is 31.2. The van der Waals surface area contributed by atoms with Crippen molar-refractivity contribution in [1.82, 2.24) is 4.98 Å². The fourth-order valence-corrected chi connectivity index (χ4v) is 3.06. The van der Waals surface area contributed by atoms with E-state index >= 15 is 0 Å². The number of nitrogens with zero attached hydrogens (tertiary/aromatic N) is 1. The molecule has 0 amide bonds. The van der Waals surface area contributed by atoms with Crippen LogP contribution in [0.15, 0.2) is 18.3 Å². The quantitative estimate of drug-likeness (QED) is 0.768. The molecule has 0 radical (unpaired) electrons. The van der Waals surface area contributed by atoms with Gasteiger partial charge in [-0.05, 0) is 25.5 Å². The van der Waals surface area contributed by atoms with Crippen molar-refractivity contribution in [3.63, 3.8) is 0 Å². The maximum Gasteiger partial charge on any atom is 0.351 e. The minimum atomic E-state index is -3.36. The van der Waals surface area contributed by atoms with Crippen molar-refractivity contribution in [3.05, 3.63) is 23.9 Å². The Balaban J connectivity index is 2.94. The molecular formula is C11H19N2O4P. The molecule has 0 aliphatic rings. The van der Waals surface area contributed by atoms with E-state index in [1.165, 1.54) is 13.3 Å². The van der Waals surface area contributed by atoms with Gasteiger partial charge >= 0.3 is 7.60 Å². The molecule has 0 saturated heterocycles. The molecule has 2 N–H and O–H groups in total. The lowest BCUT2D eigenvalue weighted by Gasteiger charge is -2.23. The van der Waals surface area contributed by atoms with Crippen molar-refractivity contribution < 1.29 is 18.3 Å². The summed E-state index contributed by atoms with van der Waals surface area (Å²) in [4.78, 5) is 4.02. The normalized spacial score (nSPS) is 13.3. The predicted molar refractivity (Wildman–Crippen MR) is 68.6 cm³/mol. The Bertz CT molecular complexity index is 400. The summed E-state index contributed by atoms with van der Waals surface area (Å²) in [5, 5.41) is 0. The Morgan fingerprint density at radius 3 is 2.33 bits per heavy atom. The lowest BCUT2D eigenvalue weighted by Crippen LogP contribution is -2.15. The van der Waals surface area contributed by atoms with Crippen LogP contribution in [0.3, 0.4) is 0 Å². The second kappa shape index (κ2) is 6.85. The maximum absolute atomic E-state index is 12.4. The van der Waals surface area contributed by atoms with Crippen LogP contribution < -0.4 is 10.5 Å². The van der Waals surface area contributed by atoms with E-state index in [0.29, 0.717) is 11.4 Å². The topological polar surface area (TPSA) is 83.7 Å². The Morgan fingerprint density at radius 2 is 1.94 bits per heavy atom. The summed E-state index contributed by atoms with van der Waals surface area (Å²) in [5.41, 5.74) is 6.53. The van der Waals surface area contributed by atoms with Crippen LogP contribution in [-0.4, -0.2) is 25.3 Å². The maximum atomic E-state index is 12.4. The predicted octanol–water partition coefficient (Wildman–Crippen LogP) is 2.31. The van der Waals surface area contributed by atoms with Crippen LogP contribution >= 0.6 is 7.60 Å². The van der Waals surface area contributed by atoms with Gasteiger partial charge in [-0.3, -0.25) is 4.57 Å². The molecule has 0 aromatic carbocycles. The van der Waals surface area contributed by atoms with Crippen molar-refractivity contribution >= 4 is 7.60 Å². The molecule has 1 aromatic rings. The summed E-state index contributed by atoms with van der Waals surface area (Å²) in [5.74, 6) is -0.385. The number of methoxy groups -OCH3 is 1. The van der Waals surface area contributed by atoms with Crippen molar-refractivity contribution in [2.24, 2.45) is 5.73 Å². The van der Waals surface area contributed by atoms with Gasteiger partial charge in [0.25, 0.3) is 0 Å². The van der Waals surface area contributed by atoms with E-state index in [9.17, 15) is 4.57 Å². The van der Waals surface area contributed by atoms with Crippen molar-refractivity contribution in [3.8, 4) is 5.88 Å². The molecule has 0 unspecified atom stereocenters. The van der Waals surface area contributed by atoms with Crippen LogP contribution in [0.25, 0.3) is 0 Å². The number of hydrogen-bond acceptors (Lipinski definition) is 6. The van der Waals surface area contributed by atoms with E-state index in [4.69, 9.17) is 19.5 Å². The highest BCUT2D eigenvalue weighted by molar-refractivity contribution is 7.54. The molecule has 18 heavy (non-hydrogen) atoms. The van der Waals surface area contributed by atoms with Crippen molar-refractivity contribution in [2.75, 3.05) is 20.3 Å². The van der Waals surface area contributed by atoms with Gasteiger partial charge in [-0.25, -0.2) is 4.98 Å². The zero-order valence-corrected chi connectivity index (χ0v) is 11.7. The number of aromatic nitrogens is 1. The molecule has 1 aromatic heterocycles. The van der Waals surface area contributed by atoms with E-state index < -0.39 is 13.4 Å². The van der Waals surface area contributed by atoms with Gasteiger partial charge in [-0.1, -0.05) is 0 Å². The van der Waals surface area contributed by atoms with E-state index in [2.05, 4.69) is 4.98 Å². The van der Waals surface area contributed by atoms with E-state index in [-0.39, 0.29) is 13.2 Å². The average molecular weight is 274 g/mol. The first kappa shape index (κ1) is 15.1. The Morgan fingerprint density at radius 1 is 1.33 bits per heavy atom. The van der Waals surface area contributed by atoms with Crippen LogP contribution in [0.5, 0.6) is 5.88 Å². The van der Waals surface area contributed by atoms with Gasteiger partial charge in [0.05, 0.1) is 20.3 Å². The second-order valence-electron chi connectivity index (χ2n) is 3.45. The third-order valence-corrected chi connectivity index (χ3v) is 4.48. The van der Waals surface area contributed by atoms with Gasteiger partial charge in [-0.2, -0.15) is 0 Å². The van der Waals surface area contributed by atoms with Crippen LogP contribution in [0.1, 0.15) is 25.2 Å². The minimum absolute atomic E-state index is 0.272. The molecule has 0 aliphatic carbocycles. The van der Waals surface area contributed by atoms with Crippen LogP contribution in [0.4, 0.5) is 0 Å². The third-order valence-electron chi connectivity index (χ3n) is 2.27. The molecule has 102 valence electrons. The Hall–Kier alpha value is -0.940.